The number of hydrogen-bond donors (Lipinski definition) is 6. The van der Waals surface area contributed by atoms with E-state index in [0.717, 1.165) is 70.6 Å². The standard InChI is InChI=1S/C61H105N3O14P2/c1-4-7-10-13-16-19-22-25-30-39-53(65)49-58(66)63-52(51-75-79(70,71)72)38-37-47-62-61(69)57(46-48-74-80(73,77-54-40-32-28-33-41-54)78-55-42-34-29-35-43-55)64-59(67)50-56(44-31-26-23-20-17-14-11-8-5-2)76-60(68)45-36-27-24-21-18-15-12-9-6-3/h28-29,32-35,40-43,52-53,56-57,65H,4-27,30-31,36-39,44-51H2,1-3H3,(H,62,69)(H,63,66)(H,64,67)(H2,70,71,72)/t52?,53-,56-,57?/m1/s1. The summed E-state index contributed by atoms with van der Waals surface area (Å²) in [7, 11) is -9.29. The van der Waals surface area contributed by atoms with Gasteiger partial charge in [-0.25, -0.2) is 9.13 Å². The smallest absolute Gasteiger partial charge is 0.462 e. The predicted molar refractivity (Wildman–Crippen MR) is 317 cm³/mol. The zero-order valence-corrected chi connectivity index (χ0v) is 51.0. The molecule has 2 rings (SSSR count). The molecule has 2 unspecified atom stereocenters. The zero-order chi connectivity index (χ0) is 58.4. The van der Waals surface area contributed by atoms with Crippen molar-refractivity contribution in [2.24, 2.45) is 0 Å². The molecular formula is C61H105N3O14P2. The lowest BCUT2D eigenvalue weighted by molar-refractivity contribution is -0.151. The van der Waals surface area contributed by atoms with Crippen LogP contribution in [0, 0.1) is 0 Å². The summed E-state index contributed by atoms with van der Waals surface area (Å²) in [5, 5.41) is 19.0. The number of aliphatic hydroxyl groups is 1. The number of carbonyl (C=O) groups is 4. The number of aliphatic hydroxyl groups excluding tert-OH is 1. The van der Waals surface area contributed by atoms with Crippen LogP contribution in [0.4, 0.5) is 0 Å². The quantitative estimate of drug-likeness (QED) is 0.0205. The van der Waals surface area contributed by atoms with Crippen LogP contribution < -0.4 is 25.0 Å². The van der Waals surface area contributed by atoms with Crippen molar-refractivity contribution in [1.82, 2.24) is 16.0 Å². The normalized spacial score (nSPS) is 13.2. The van der Waals surface area contributed by atoms with Gasteiger partial charge in [0.05, 0.1) is 38.2 Å². The Balaban J connectivity index is 2.18. The highest BCUT2D eigenvalue weighted by Crippen LogP contribution is 2.49. The van der Waals surface area contributed by atoms with Gasteiger partial charge in [0.15, 0.2) is 0 Å². The third-order valence-electron chi connectivity index (χ3n) is 14.0. The monoisotopic (exact) mass is 1170 g/mol. The molecule has 0 heterocycles. The van der Waals surface area contributed by atoms with E-state index in [4.69, 9.17) is 22.8 Å². The van der Waals surface area contributed by atoms with E-state index in [1.807, 2.05) is 0 Å². The van der Waals surface area contributed by atoms with Gasteiger partial charge in [0.1, 0.15) is 23.6 Å². The fraction of sp³-hybridized carbons (Fsp3) is 0.738. The van der Waals surface area contributed by atoms with Crippen molar-refractivity contribution in [3.63, 3.8) is 0 Å². The Morgan fingerprint density at radius 2 is 0.963 bits per heavy atom. The molecule has 17 nitrogen and oxygen atoms in total. The Kier molecular flexibility index (Phi) is 42.1. The Labute approximate surface area is 481 Å². The highest BCUT2D eigenvalue weighted by atomic mass is 31.2. The summed E-state index contributed by atoms with van der Waals surface area (Å²) >= 11 is 0. The van der Waals surface area contributed by atoms with E-state index >= 15 is 0 Å². The number of unbranched alkanes of at least 4 members (excludes halogenated alkanes) is 24. The summed E-state index contributed by atoms with van der Waals surface area (Å²) in [5.74, 6) is -1.59. The Bertz CT molecular complexity index is 1930. The van der Waals surface area contributed by atoms with Crippen LogP contribution in [0.3, 0.4) is 0 Å². The van der Waals surface area contributed by atoms with Crippen LogP contribution in [-0.2, 0) is 42.1 Å². The lowest BCUT2D eigenvalue weighted by atomic mass is 10.0. The molecule has 6 N–H and O–H groups in total. The average molecular weight is 1170 g/mol. The molecule has 0 bridgehead atoms. The van der Waals surface area contributed by atoms with Crippen molar-refractivity contribution in [2.75, 3.05) is 19.8 Å². The van der Waals surface area contributed by atoms with Gasteiger partial charge in [0.25, 0.3) is 0 Å². The molecule has 80 heavy (non-hydrogen) atoms. The number of amides is 3. The van der Waals surface area contributed by atoms with Crippen molar-refractivity contribution in [3.8, 4) is 11.5 Å². The molecule has 0 fully saturated rings. The highest BCUT2D eigenvalue weighted by Gasteiger charge is 2.33. The van der Waals surface area contributed by atoms with E-state index in [1.54, 1.807) is 60.7 Å². The maximum Gasteiger partial charge on any atom is 0.587 e. The molecule has 458 valence electrons. The Morgan fingerprint density at radius 1 is 0.512 bits per heavy atom. The molecule has 3 amide bonds. The molecule has 0 aliphatic carbocycles. The Hall–Kier alpha value is -3.82. The summed E-state index contributed by atoms with van der Waals surface area (Å²) in [6, 6.07) is 14.6. The van der Waals surface area contributed by atoms with Gasteiger partial charge in [-0.2, -0.15) is 0 Å². The molecule has 2 aromatic carbocycles. The van der Waals surface area contributed by atoms with Crippen molar-refractivity contribution >= 4 is 39.3 Å². The average Bonchev–Trinajstić information content (AvgIpc) is 3.43. The van der Waals surface area contributed by atoms with Gasteiger partial charge < -0.3 is 44.6 Å². The Morgan fingerprint density at radius 3 is 1.45 bits per heavy atom. The maximum absolute atomic E-state index is 14.2. The molecule has 0 aromatic heterocycles. The number of esters is 1. The van der Waals surface area contributed by atoms with E-state index in [0.29, 0.717) is 19.3 Å². The maximum atomic E-state index is 14.2. The molecule has 0 saturated heterocycles. The number of ether oxygens (including phenoxy) is 1. The molecule has 2 aromatic rings. The van der Waals surface area contributed by atoms with Gasteiger partial charge in [-0.05, 0) is 62.8 Å². The number of benzene rings is 2. The van der Waals surface area contributed by atoms with Gasteiger partial charge in [-0.3, -0.25) is 28.2 Å². The van der Waals surface area contributed by atoms with Crippen molar-refractivity contribution in [2.45, 2.75) is 270 Å². The lowest BCUT2D eigenvalue weighted by Crippen LogP contribution is -2.48. The molecule has 19 heteroatoms. The van der Waals surface area contributed by atoms with Gasteiger partial charge in [0.2, 0.25) is 17.7 Å². The number of phosphoric ester groups is 2. The second kappa shape index (κ2) is 46.6. The molecule has 0 spiro atoms. The number of rotatable bonds is 53. The number of para-hydroxylation sites is 2. The first-order valence-electron chi connectivity index (χ1n) is 30.8. The molecule has 4 atom stereocenters. The van der Waals surface area contributed by atoms with Crippen LogP contribution >= 0.6 is 15.6 Å². The summed E-state index contributed by atoms with van der Waals surface area (Å²) in [6.07, 6.45) is 29.3. The molecule has 0 radical (unpaired) electrons. The SMILES string of the molecule is CCCCCCCCCCCC(=O)O[C@H](CCCCCCCCCCC)CC(=O)NC(CCOP(=O)(Oc1ccccc1)Oc1ccccc1)C(=O)NCCCC(COP(=O)(O)O)NC(=O)C[C@H](O)CCCCCCCCCCC. The van der Waals surface area contributed by atoms with Gasteiger partial charge in [-0.1, -0.05) is 218 Å². The van der Waals surface area contributed by atoms with Crippen LogP contribution in [0.5, 0.6) is 11.5 Å². The predicted octanol–water partition coefficient (Wildman–Crippen LogP) is 14.5. The van der Waals surface area contributed by atoms with Crippen LogP contribution in [0.2, 0.25) is 0 Å². The molecule has 0 aliphatic heterocycles. The summed E-state index contributed by atoms with van der Waals surface area (Å²) in [4.78, 5) is 73.3. The first kappa shape index (κ1) is 72.3. The van der Waals surface area contributed by atoms with Crippen molar-refractivity contribution in [1.29, 1.82) is 0 Å². The van der Waals surface area contributed by atoms with Crippen LogP contribution in [0.1, 0.15) is 245 Å². The molecular weight excluding hydrogens is 1060 g/mol. The molecule has 0 aliphatic rings. The van der Waals surface area contributed by atoms with Crippen LogP contribution in [0.25, 0.3) is 0 Å². The van der Waals surface area contributed by atoms with E-state index < -0.39 is 64.3 Å². The fourth-order valence-corrected chi connectivity index (χ4v) is 11.0. The first-order chi connectivity index (χ1) is 38.6. The van der Waals surface area contributed by atoms with E-state index in [1.165, 1.54) is 96.3 Å². The minimum Gasteiger partial charge on any atom is -0.462 e. The second-order valence-corrected chi connectivity index (χ2v) is 24.2. The highest BCUT2D eigenvalue weighted by molar-refractivity contribution is 7.49. The van der Waals surface area contributed by atoms with E-state index in [2.05, 4.69) is 36.7 Å². The van der Waals surface area contributed by atoms with E-state index in [-0.39, 0.29) is 69.1 Å². The third kappa shape index (κ3) is 40.4. The zero-order valence-electron chi connectivity index (χ0n) is 49.2. The fourth-order valence-electron chi connectivity index (χ4n) is 9.37. The first-order valence-corrected chi connectivity index (χ1v) is 33.8. The number of hydrogen-bond acceptors (Lipinski definition) is 12. The number of nitrogens with one attached hydrogen (secondary N) is 3. The lowest BCUT2D eigenvalue weighted by Gasteiger charge is -2.23. The topological polar surface area (TPSA) is 245 Å². The van der Waals surface area contributed by atoms with Gasteiger partial charge in [-0.15, -0.1) is 0 Å². The second-order valence-electron chi connectivity index (χ2n) is 21.5. The van der Waals surface area contributed by atoms with Crippen LogP contribution in [-0.4, -0.2) is 82.6 Å². The van der Waals surface area contributed by atoms with Crippen LogP contribution in [0.15, 0.2) is 60.7 Å². The van der Waals surface area contributed by atoms with Crippen molar-refractivity contribution < 1.29 is 66.0 Å². The largest absolute Gasteiger partial charge is 0.587 e. The molecule has 0 saturated carbocycles. The van der Waals surface area contributed by atoms with Gasteiger partial charge >= 0.3 is 21.6 Å². The summed E-state index contributed by atoms with van der Waals surface area (Å²) in [6.45, 7) is 5.72. The van der Waals surface area contributed by atoms with Crippen molar-refractivity contribution in [3.05, 3.63) is 60.7 Å². The summed E-state index contributed by atoms with van der Waals surface area (Å²) in [5.41, 5.74) is 0. The van der Waals surface area contributed by atoms with E-state index in [9.17, 15) is 43.2 Å². The summed E-state index contributed by atoms with van der Waals surface area (Å²) < 4.78 is 54.0. The minimum atomic E-state index is -4.90. The van der Waals surface area contributed by atoms with Gasteiger partial charge in [0, 0.05) is 19.4 Å². The minimum absolute atomic E-state index is 0.0139. The number of phosphoric acid groups is 2. The third-order valence-corrected chi connectivity index (χ3v) is 15.8. The number of carbonyl (C=O) groups excluding carboxylic acids is 4.